The van der Waals surface area contributed by atoms with Crippen LogP contribution in [0.5, 0.6) is 5.75 Å². The van der Waals surface area contributed by atoms with Crippen LogP contribution in [-0.4, -0.2) is 42.2 Å². The van der Waals surface area contributed by atoms with E-state index in [2.05, 4.69) is 10.3 Å². The number of ether oxygens (including phenoxy) is 3. The maximum absolute atomic E-state index is 14.9. The van der Waals surface area contributed by atoms with Crippen LogP contribution in [0.2, 0.25) is 0 Å². The molecular weight excluding hydrogens is 455 g/mol. The van der Waals surface area contributed by atoms with Gasteiger partial charge in [-0.2, -0.15) is 0 Å². The van der Waals surface area contributed by atoms with E-state index in [1.54, 1.807) is 25.3 Å². The standard InChI is InChI=1S/C26H23FN2O6/c1-25(33-7-8-34-25)26(19-13-21(32-2)15-28-14-19,18-9-17(24(30)31)10-20(27)12-18)29-23-11-16-5-3-4-6-22(16)35-23/h3-6,9-15,29H,7-8H2,1-2H3,(H,30,31). The fraction of sp³-hybridized carbons (Fsp3) is 0.231. The van der Waals surface area contributed by atoms with Crippen LogP contribution in [0.25, 0.3) is 11.0 Å². The van der Waals surface area contributed by atoms with E-state index in [1.165, 1.54) is 25.4 Å². The second-order valence-electron chi connectivity index (χ2n) is 8.31. The number of aromatic nitrogens is 1. The average Bonchev–Trinajstić information content (AvgIpc) is 3.48. The number of hydrogen-bond acceptors (Lipinski definition) is 7. The summed E-state index contributed by atoms with van der Waals surface area (Å²) in [6.07, 6.45) is 3.10. The fourth-order valence-electron chi connectivity index (χ4n) is 4.57. The zero-order chi connectivity index (χ0) is 24.6. The van der Waals surface area contributed by atoms with E-state index in [-0.39, 0.29) is 24.3 Å². The molecule has 2 N–H and O–H groups in total. The van der Waals surface area contributed by atoms with Crippen LogP contribution in [0.3, 0.4) is 0 Å². The number of halogens is 1. The summed E-state index contributed by atoms with van der Waals surface area (Å²) in [4.78, 5) is 16.1. The minimum absolute atomic E-state index is 0.228. The Morgan fingerprint density at radius 1 is 1.11 bits per heavy atom. The van der Waals surface area contributed by atoms with Gasteiger partial charge in [-0.1, -0.05) is 18.2 Å². The lowest BCUT2D eigenvalue weighted by Gasteiger charge is -2.45. The van der Waals surface area contributed by atoms with Crippen LogP contribution < -0.4 is 10.1 Å². The zero-order valence-corrected chi connectivity index (χ0v) is 19.1. The van der Waals surface area contributed by atoms with Crippen molar-refractivity contribution in [2.45, 2.75) is 18.2 Å². The lowest BCUT2D eigenvalue weighted by molar-refractivity contribution is -0.178. The second-order valence-corrected chi connectivity index (χ2v) is 8.31. The molecule has 4 aromatic rings. The highest BCUT2D eigenvalue weighted by Crippen LogP contribution is 2.48. The van der Waals surface area contributed by atoms with Gasteiger partial charge in [-0.25, -0.2) is 9.18 Å². The minimum Gasteiger partial charge on any atom is -0.495 e. The number of pyridine rings is 1. The Labute approximate surface area is 200 Å². The number of carboxylic acid groups (broad SMARTS) is 1. The first-order valence-electron chi connectivity index (χ1n) is 10.9. The van der Waals surface area contributed by atoms with Gasteiger partial charge in [0.05, 0.1) is 32.1 Å². The quantitative estimate of drug-likeness (QED) is 0.391. The molecule has 3 heterocycles. The molecule has 2 aromatic heterocycles. The molecular formula is C26H23FN2O6. The third-order valence-corrected chi connectivity index (χ3v) is 6.22. The lowest BCUT2D eigenvalue weighted by Crippen LogP contribution is -2.56. The molecule has 0 spiro atoms. The normalized spacial score (nSPS) is 16.7. The predicted octanol–water partition coefficient (Wildman–Crippen LogP) is 4.79. The molecule has 8 nitrogen and oxygen atoms in total. The Balaban J connectivity index is 1.82. The molecule has 180 valence electrons. The number of carboxylic acids is 1. The van der Waals surface area contributed by atoms with Crippen LogP contribution in [0, 0.1) is 5.82 Å². The van der Waals surface area contributed by atoms with Crippen LogP contribution in [0.15, 0.2) is 71.4 Å². The molecule has 2 aromatic carbocycles. The number of anilines is 1. The maximum Gasteiger partial charge on any atom is 0.335 e. The second kappa shape index (κ2) is 8.68. The third-order valence-electron chi connectivity index (χ3n) is 6.22. The highest BCUT2D eigenvalue weighted by atomic mass is 19.1. The smallest absolute Gasteiger partial charge is 0.335 e. The number of methoxy groups -OCH3 is 1. The number of nitrogens with zero attached hydrogens (tertiary/aromatic N) is 1. The first kappa shape index (κ1) is 22.8. The molecule has 0 amide bonds. The zero-order valence-electron chi connectivity index (χ0n) is 19.1. The molecule has 35 heavy (non-hydrogen) atoms. The molecule has 0 saturated carbocycles. The number of aromatic carboxylic acids is 1. The molecule has 0 radical (unpaired) electrons. The molecule has 1 aliphatic heterocycles. The Hall–Kier alpha value is -3.95. The van der Waals surface area contributed by atoms with Crippen molar-refractivity contribution in [3.05, 3.63) is 89.5 Å². The number of nitrogens with one attached hydrogen (secondary N) is 1. The summed E-state index contributed by atoms with van der Waals surface area (Å²) in [5, 5.41) is 13.9. The topological polar surface area (TPSA) is 103 Å². The van der Waals surface area contributed by atoms with Gasteiger partial charge in [0.25, 0.3) is 0 Å². The summed E-state index contributed by atoms with van der Waals surface area (Å²) in [7, 11) is 1.50. The molecule has 1 saturated heterocycles. The molecule has 1 aliphatic rings. The number of furan rings is 1. The average molecular weight is 478 g/mol. The Bertz CT molecular complexity index is 1360. The summed E-state index contributed by atoms with van der Waals surface area (Å²) in [6, 6.07) is 14.6. The van der Waals surface area contributed by atoms with Gasteiger partial charge in [0.1, 0.15) is 22.7 Å². The molecule has 9 heteroatoms. The van der Waals surface area contributed by atoms with Crippen LogP contribution >= 0.6 is 0 Å². The monoisotopic (exact) mass is 478 g/mol. The SMILES string of the molecule is COc1cncc(C(Nc2cc3ccccc3o2)(c2cc(F)cc(C(=O)O)c2)C2(C)OCCO2)c1. The van der Waals surface area contributed by atoms with Gasteiger partial charge < -0.3 is 29.1 Å². The van der Waals surface area contributed by atoms with Crippen molar-refractivity contribution >= 4 is 22.8 Å². The molecule has 0 aliphatic carbocycles. The van der Waals surface area contributed by atoms with Gasteiger partial charge in [-0.15, -0.1) is 0 Å². The van der Waals surface area contributed by atoms with Gasteiger partial charge >= 0.3 is 5.97 Å². The Morgan fingerprint density at radius 2 is 1.89 bits per heavy atom. The first-order valence-corrected chi connectivity index (χ1v) is 10.9. The number of fused-ring (bicyclic) bond motifs is 1. The van der Waals surface area contributed by atoms with Crippen molar-refractivity contribution in [3.8, 4) is 5.75 Å². The minimum atomic E-state index is -1.49. The van der Waals surface area contributed by atoms with E-state index in [4.69, 9.17) is 18.6 Å². The maximum atomic E-state index is 14.9. The number of hydrogen-bond donors (Lipinski definition) is 2. The molecule has 0 bridgehead atoms. The van der Waals surface area contributed by atoms with E-state index < -0.39 is 23.1 Å². The van der Waals surface area contributed by atoms with Gasteiger partial charge in [-0.05, 0) is 42.8 Å². The largest absolute Gasteiger partial charge is 0.495 e. The van der Waals surface area contributed by atoms with E-state index in [1.807, 2.05) is 24.3 Å². The molecule has 1 fully saturated rings. The molecule has 1 unspecified atom stereocenters. The highest BCUT2D eigenvalue weighted by Gasteiger charge is 2.56. The van der Waals surface area contributed by atoms with Crippen molar-refractivity contribution < 1.29 is 32.9 Å². The van der Waals surface area contributed by atoms with E-state index in [9.17, 15) is 14.3 Å². The summed E-state index contributed by atoms with van der Waals surface area (Å²) < 4.78 is 38.5. The van der Waals surface area contributed by atoms with E-state index >= 15 is 0 Å². The van der Waals surface area contributed by atoms with E-state index in [0.29, 0.717) is 22.8 Å². The van der Waals surface area contributed by atoms with Crippen molar-refractivity contribution in [1.82, 2.24) is 4.98 Å². The van der Waals surface area contributed by atoms with Crippen molar-refractivity contribution in [2.24, 2.45) is 0 Å². The van der Waals surface area contributed by atoms with Gasteiger partial charge in [0.15, 0.2) is 11.7 Å². The number of para-hydroxylation sites is 1. The highest BCUT2D eigenvalue weighted by molar-refractivity contribution is 5.88. The Morgan fingerprint density at radius 3 is 2.60 bits per heavy atom. The van der Waals surface area contributed by atoms with Crippen LogP contribution in [0.4, 0.5) is 10.3 Å². The van der Waals surface area contributed by atoms with Crippen molar-refractivity contribution in [1.29, 1.82) is 0 Å². The van der Waals surface area contributed by atoms with Gasteiger partial charge in [-0.3, -0.25) is 4.98 Å². The Kier molecular flexibility index (Phi) is 5.66. The van der Waals surface area contributed by atoms with Crippen molar-refractivity contribution in [3.63, 3.8) is 0 Å². The van der Waals surface area contributed by atoms with E-state index in [0.717, 1.165) is 11.5 Å². The van der Waals surface area contributed by atoms with Crippen molar-refractivity contribution in [2.75, 3.05) is 25.6 Å². The number of carbonyl (C=O) groups is 1. The number of rotatable bonds is 7. The molecule has 1 atom stereocenters. The predicted molar refractivity (Wildman–Crippen MR) is 125 cm³/mol. The van der Waals surface area contributed by atoms with Gasteiger partial charge in [0.2, 0.25) is 0 Å². The first-order chi connectivity index (χ1) is 16.8. The summed E-state index contributed by atoms with van der Waals surface area (Å²) in [6.45, 7) is 2.26. The lowest BCUT2D eigenvalue weighted by atomic mass is 9.76. The third kappa shape index (κ3) is 3.88. The fourth-order valence-corrected chi connectivity index (χ4v) is 4.57. The summed E-state index contributed by atoms with van der Waals surface area (Å²) in [5.74, 6) is -2.63. The van der Waals surface area contributed by atoms with Crippen LogP contribution in [0.1, 0.15) is 28.4 Å². The summed E-state index contributed by atoms with van der Waals surface area (Å²) in [5.41, 5.74) is -0.353. The van der Waals surface area contributed by atoms with Crippen LogP contribution in [-0.2, 0) is 15.0 Å². The number of benzene rings is 2. The summed E-state index contributed by atoms with van der Waals surface area (Å²) >= 11 is 0. The molecule has 5 rings (SSSR count). The van der Waals surface area contributed by atoms with Gasteiger partial charge in [0, 0.05) is 23.2 Å².